The number of aryl methyl sites for hydroxylation is 1. The molecule has 1 aromatic heterocycles. The Morgan fingerprint density at radius 3 is 2.68 bits per heavy atom. The fourth-order valence-electron chi connectivity index (χ4n) is 3.60. The number of hydrogen-bond donors (Lipinski definition) is 2. The molecule has 1 saturated heterocycles. The van der Waals surface area contributed by atoms with Crippen LogP contribution in [0.4, 0.5) is 20.3 Å². The largest absolute Gasteiger partial charge is 0.356 e. The molecule has 0 radical (unpaired) electrons. The zero-order chi connectivity index (χ0) is 23.0. The summed E-state index contributed by atoms with van der Waals surface area (Å²) in [6, 6.07) is 6.34. The van der Waals surface area contributed by atoms with Gasteiger partial charge in [0.25, 0.3) is 5.91 Å². The monoisotopic (exact) mass is 514 g/mol. The van der Waals surface area contributed by atoms with Gasteiger partial charge in [0.05, 0.1) is 21.0 Å². The third kappa shape index (κ3) is 5.41. The Balaban J connectivity index is 2.00. The number of amides is 1. The summed E-state index contributed by atoms with van der Waals surface area (Å²) in [4.78, 5) is 19.9. The number of hydrogen-bond acceptors (Lipinski definition) is 5. The van der Waals surface area contributed by atoms with Crippen molar-refractivity contribution in [2.45, 2.75) is 43.9 Å². The molecule has 31 heavy (non-hydrogen) atoms. The highest BCUT2D eigenvalue weighted by molar-refractivity contribution is 9.10. The van der Waals surface area contributed by atoms with Crippen LogP contribution in [-0.2, 0) is 9.73 Å². The number of alkyl halides is 2. The second-order valence-electron chi connectivity index (χ2n) is 7.86. The zero-order valence-electron chi connectivity index (χ0n) is 17.6. The number of carbonyl (C=O) groups is 1. The van der Waals surface area contributed by atoms with Crippen LogP contribution >= 0.6 is 15.9 Å². The van der Waals surface area contributed by atoms with Gasteiger partial charge in [-0.05, 0) is 60.0 Å². The Labute approximate surface area is 189 Å². The summed E-state index contributed by atoms with van der Waals surface area (Å²) in [5.74, 6) is -2.79. The average Bonchev–Trinajstić information content (AvgIpc) is 2.85. The Kier molecular flexibility index (Phi) is 6.71. The van der Waals surface area contributed by atoms with Crippen LogP contribution in [0.25, 0.3) is 0 Å². The Morgan fingerprint density at radius 2 is 2.00 bits per heavy atom. The fourth-order valence-corrected chi connectivity index (χ4v) is 4.58. The molecule has 2 heterocycles. The molecule has 1 aliphatic heterocycles. The molecule has 6 nitrogen and oxygen atoms in total. The summed E-state index contributed by atoms with van der Waals surface area (Å²) < 4.78 is 48.2. The van der Waals surface area contributed by atoms with Crippen molar-refractivity contribution in [3.8, 4) is 0 Å². The first-order valence-electron chi connectivity index (χ1n) is 9.84. The lowest BCUT2D eigenvalue weighted by Crippen LogP contribution is -2.30. The van der Waals surface area contributed by atoms with Gasteiger partial charge in [-0.15, -0.1) is 0 Å². The van der Waals surface area contributed by atoms with Gasteiger partial charge in [-0.25, -0.2) is 22.8 Å². The van der Waals surface area contributed by atoms with Crippen molar-refractivity contribution in [2.75, 3.05) is 29.6 Å². The first-order valence-corrected chi connectivity index (χ1v) is 12.6. The maximum atomic E-state index is 13.9. The normalized spacial score (nSPS) is 18.2. The van der Waals surface area contributed by atoms with Crippen LogP contribution in [0, 0.1) is 18.6 Å². The van der Waals surface area contributed by atoms with Crippen molar-refractivity contribution in [3.05, 3.63) is 45.6 Å². The molecule has 1 unspecified atom stereocenters. The molecule has 0 aliphatic carbocycles. The van der Waals surface area contributed by atoms with Crippen LogP contribution in [0.5, 0.6) is 0 Å². The Morgan fingerprint density at radius 1 is 1.29 bits per heavy atom. The molecule has 2 N–H and O–H groups in total. The molecule has 3 rings (SSSR count). The second kappa shape index (κ2) is 8.82. The number of pyridine rings is 1. The number of benzene rings is 1. The predicted molar refractivity (Wildman–Crippen MR) is 122 cm³/mol. The van der Waals surface area contributed by atoms with E-state index in [2.05, 4.69) is 26.2 Å². The van der Waals surface area contributed by atoms with Crippen molar-refractivity contribution in [1.29, 1.82) is 4.78 Å². The molecular weight excluding hydrogens is 490 g/mol. The highest BCUT2D eigenvalue weighted by Crippen LogP contribution is 2.34. The number of halogens is 3. The van der Waals surface area contributed by atoms with Crippen LogP contribution in [-0.4, -0.2) is 40.4 Å². The van der Waals surface area contributed by atoms with Crippen molar-refractivity contribution in [1.82, 2.24) is 4.98 Å². The van der Waals surface area contributed by atoms with Crippen molar-refractivity contribution in [2.24, 2.45) is 0 Å². The van der Waals surface area contributed by atoms with Crippen LogP contribution < -0.4 is 10.2 Å². The lowest BCUT2D eigenvalue weighted by molar-refractivity contribution is -0.0102. The molecule has 0 saturated carbocycles. The summed E-state index contributed by atoms with van der Waals surface area (Å²) in [5, 5.41) is 2.79. The summed E-state index contributed by atoms with van der Waals surface area (Å²) >= 11 is 3.47. The van der Waals surface area contributed by atoms with Crippen LogP contribution in [0.15, 0.2) is 33.6 Å². The van der Waals surface area contributed by atoms with E-state index in [9.17, 15) is 17.8 Å². The summed E-state index contributed by atoms with van der Waals surface area (Å²) in [7, 11) is -2.94. The lowest BCUT2D eigenvalue weighted by atomic mass is 10.1. The van der Waals surface area contributed by atoms with E-state index in [1.54, 1.807) is 36.9 Å². The minimum atomic E-state index is -2.94. The van der Waals surface area contributed by atoms with Gasteiger partial charge in [0.2, 0.25) is 5.92 Å². The topological polar surface area (TPSA) is 86.2 Å². The maximum Gasteiger partial charge on any atom is 0.259 e. The first kappa shape index (κ1) is 23.6. The predicted octanol–water partition coefficient (Wildman–Crippen LogP) is 5.37. The van der Waals surface area contributed by atoms with Gasteiger partial charge in [0, 0.05) is 47.2 Å². The third-order valence-electron chi connectivity index (χ3n) is 5.31. The van der Waals surface area contributed by atoms with Gasteiger partial charge in [-0.3, -0.25) is 4.79 Å². The van der Waals surface area contributed by atoms with Gasteiger partial charge in [-0.1, -0.05) is 6.07 Å². The second-order valence-corrected chi connectivity index (χ2v) is 10.8. The number of nitrogens with zero attached hydrogens (tertiary/aromatic N) is 2. The van der Waals surface area contributed by atoms with E-state index in [1.807, 2.05) is 0 Å². The van der Waals surface area contributed by atoms with E-state index >= 15 is 0 Å². The first-order chi connectivity index (χ1) is 14.4. The van der Waals surface area contributed by atoms with Gasteiger partial charge in [-0.2, -0.15) is 0 Å². The Bertz CT molecular complexity index is 1120. The fraction of sp³-hybridized carbons (Fsp3) is 0.429. The number of aromatic nitrogens is 1. The van der Waals surface area contributed by atoms with Gasteiger partial charge < -0.3 is 10.2 Å². The van der Waals surface area contributed by atoms with E-state index < -0.39 is 21.6 Å². The van der Waals surface area contributed by atoms with E-state index in [4.69, 9.17) is 4.78 Å². The molecule has 2 aromatic rings. The zero-order valence-corrected chi connectivity index (χ0v) is 20.0. The summed E-state index contributed by atoms with van der Waals surface area (Å²) in [5.41, 5.74) is 2.03. The molecule has 1 amide bonds. The molecule has 1 aromatic carbocycles. The molecule has 1 aliphatic rings. The van der Waals surface area contributed by atoms with Crippen LogP contribution in [0.2, 0.25) is 0 Å². The average molecular weight is 515 g/mol. The third-order valence-corrected chi connectivity index (χ3v) is 7.63. The smallest absolute Gasteiger partial charge is 0.259 e. The van der Waals surface area contributed by atoms with E-state index in [0.717, 1.165) is 0 Å². The number of carbonyl (C=O) groups excluding carboxylic acids is 1. The molecule has 1 atom stereocenters. The number of rotatable bonds is 4. The quantitative estimate of drug-likeness (QED) is 0.573. The van der Waals surface area contributed by atoms with Gasteiger partial charge in [0.1, 0.15) is 5.82 Å². The Hall–Kier alpha value is -2.07. The van der Waals surface area contributed by atoms with E-state index in [1.165, 1.54) is 12.3 Å². The molecule has 10 heteroatoms. The standard InChI is InChI=1S/C21H25BrF2N4O2S/c1-13-17(20(29)27-15-6-4-7-16(12-15)31(3,25)30)19(26-14(2)18(13)22)28-10-5-8-21(23,24)9-11-28/h4,6-7,12,25H,5,8-11H2,1-3H3,(H,27,29). The van der Waals surface area contributed by atoms with E-state index in [-0.39, 0.29) is 19.4 Å². The molecular formula is C21H25BrF2N4O2S. The number of nitrogens with one attached hydrogen (secondary N) is 2. The van der Waals surface area contributed by atoms with E-state index in [0.29, 0.717) is 50.7 Å². The molecule has 0 bridgehead atoms. The SMILES string of the molecule is Cc1nc(N2CCCC(F)(F)CC2)c(C(=O)Nc2cccc(S(C)(=N)=O)c2)c(C)c1Br. The van der Waals surface area contributed by atoms with Crippen molar-refractivity contribution in [3.63, 3.8) is 0 Å². The minimum absolute atomic E-state index is 0.104. The molecule has 0 spiro atoms. The molecule has 168 valence electrons. The minimum Gasteiger partial charge on any atom is -0.356 e. The highest BCUT2D eigenvalue weighted by Gasteiger charge is 2.33. The molecule has 1 fully saturated rings. The van der Waals surface area contributed by atoms with Crippen LogP contribution in [0.3, 0.4) is 0 Å². The lowest BCUT2D eigenvalue weighted by Gasteiger charge is -2.26. The van der Waals surface area contributed by atoms with Crippen molar-refractivity contribution < 1.29 is 17.8 Å². The maximum absolute atomic E-state index is 13.9. The summed E-state index contributed by atoms with van der Waals surface area (Å²) in [6.45, 7) is 4.07. The van der Waals surface area contributed by atoms with Gasteiger partial charge in [0.15, 0.2) is 0 Å². The summed E-state index contributed by atoms with van der Waals surface area (Å²) in [6.07, 6.45) is 1.14. The van der Waals surface area contributed by atoms with Gasteiger partial charge >= 0.3 is 0 Å². The van der Waals surface area contributed by atoms with Crippen LogP contribution in [0.1, 0.15) is 40.9 Å². The highest BCUT2D eigenvalue weighted by atomic mass is 79.9. The number of anilines is 2. The van der Waals surface area contributed by atoms with Crippen molar-refractivity contribution >= 4 is 43.1 Å².